The maximum absolute atomic E-state index is 13.8. The normalized spacial score (nSPS) is 25.1. The summed E-state index contributed by atoms with van der Waals surface area (Å²) in [5, 5.41) is 3.32. The fourth-order valence-corrected chi connectivity index (χ4v) is 2.40. The van der Waals surface area contributed by atoms with Gasteiger partial charge in [0.1, 0.15) is 5.69 Å². The molecule has 1 aromatic rings. The van der Waals surface area contributed by atoms with Gasteiger partial charge in [0.25, 0.3) is 0 Å². The average molecular weight is 241 g/mol. The predicted octanol–water partition coefficient (Wildman–Crippen LogP) is 1.73. The van der Waals surface area contributed by atoms with E-state index in [1.54, 1.807) is 4.90 Å². The third-order valence-electron chi connectivity index (χ3n) is 2.91. The van der Waals surface area contributed by atoms with Gasteiger partial charge in [0.05, 0.1) is 0 Å². The second-order valence-corrected chi connectivity index (χ2v) is 4.71. The van der Waals surface area contributed by atoms with Gasteiger partial charge in [-0.05, 0) is 26.0 Å². The van der Waals surface area contributed by atoms with E-state index in [1.807, 2.05) is 13.8 Å². The Bertz CT molecular complexity index is 389. The largest absolute Gasteiger partial charge is 0.399 e. The molecule has 0 saturated carbocycles. The van der Waals surface area contributed by atoms with Crippen molar-refractivity contribution in [2.75, 3.05) is 23.7 Å². The minimum absolute atomic E-state index is 0.0272. The number of nitrogens with two attached hydrogens (primary N) is 1. The van der Waals surface area contributed by atoms with Crippen LogP contribution in [0.2, 0.25) is 0 Å². The first-order chi connectivity index (χ1) is 7.97. The van der Waals surface area contributed by atoms with Crippen molar-refractivity contribution in [2.45, 2.75) is 25.9 Å². The van der Waals surface area contributed by atoms with Crippen molar-refractivity contribution in [1.29, 1.82) is 0 Å². The standard InChI is InChI=1S/C12H17F2N3/c1-7-5-17(6-8(2)16-7)12-10(13)3-9(15)4-11(12)14/h3-4,7-8,16H,5-6,15H2,1-2H3/t7-,8+. The molecule has 17 heavy (non-hydrogen) atoms. The van der Waals surface area contributed by atoms with Gasteiger partial charge in [-0.15, -0.1) is 0 Å². The number of anilines is 2. The molecule has 1 saturated heterocycles. The first-order valence-electron chi connectivity index (χ1n) is 5.73. The summed E-state index contributed by atoms with van der Waals surface area (Å²) in [7, 11) is 0. The van der Waals surface area contributed by atoms with E-state index in [9.17, 15) is 8.78 Å². The van der Waals surface area contributed by atoms with Crippen LogP contribution in [-0.2, 0) is 0 Å². The predicted molar refractivity (Wildman–Crippen MR) is 65.0 cm³/mol. The van der Waals surface area contributed by atoms with Gasteiger partial charge < -0.3 is 16.0 Å². The first-order valence-corrected chi connectivity index (χ1v) is 5.73. The van der Waals surface area contributed by atoms with Crippen molar-refractivity contribution in [3.05, 3.63) is 23.8 Å². The van der Waals surface area contributed by atoms with Crippen molar-refractivity contribution >= 4 is 11.4 Å². The van der Waals surface area contributed by atoms with Gasteiger partial charge in [0, 0.05) is 30.9 Å². The van der Waals surface area contributed by atoms with E-state index in [4.69, 9.17) is 5.73 Å². The van der Waals surface area contributed by atoms with Crippen LogP contribution >= 0.6 is 0 Å². The summed E-state index contributed by atoms with van der Waals surface area (Å²) in [4.78, 5) is 1.73. The number of nitrogen functional groups attached to an aromatic ring is 1. The molecule has 1 aromatic carbocycles. The number of hydrogen-bond acceptors (Lipinski definition) is 3. The van der Waals surface area contributed by atoms with E-state index in [1.165, 1.54) is 0 Å². The average Bonchev–Trinajstić information content (AvgIpc) is 2.13. The van der Waals surface area contributed by atoms with Crippen molar-refractivity contribution < 1.29 is 8.78 Å². The molecule has 0 aliphatic carbocycles. The summed E-state index contributed by atoms with van der Waals surface area (Å²) >= 11 is 0. The zero-order valence-corrected chi connectivity index (χ0v) is 10.0. The Balaban J connectivity index is 2.33. The van der Waals surface area contributed by atoms with Crippen LogP contribution in [0.1, 0.15) is 13.8 Å². The summed E-state index contributed by atoms with van der Waals surface area (Å²) < 4.78 is 27.5. The van der Waals surface area contributed by atoms with Crippen LogP contribution in [0.5, 0.6) is 0 Å². The molecule has 3 nitrogen and oxygen atoms in total. The molecule has 1 aliphatic rings. The molecule has 0 aromatic heterocycles. The number of nitrogens with zero attached hydrogens (tertiary/aromatic N) is 1. The molecule has 94 valence electrons. The highest BCUT2D eigenvalue weighted by molar-refractivity contribution is 5.56. The quantitative estimate of drug-likeness (QED) is 0.736. The fourth-order valence-electron chi connectivity index (χ4n) is 2.40. The molecule has 2 rings (SSSR count). The number of nitrogens with one attached hydrogen (secondary N) is 1. The van der Waals surface area contributed by atoms with Gasteiger partial charge in [0.2, 0.25) is 0 Å². The summed E-state index contributed by atoms with van der Waals surface area (Å²) in [5.41, 5.74) is 5.54. The van der Waals surface area contributed by atoms with Gasteiger partial charge >= 0.3 is 0 Å². The van der Waals surface area contributed by atoms with Crippen LogP contribution in [0.4, 0.5) is 20.2 Å². The third kappa shape index (κ3) is 2.49. The van der Waals surface area contributed by atoms with Crippen molar-refractivity contribution in [3.63, 3.8) is 0 Å². The van der Waals surface area contributed by atoms with Gasteiger partial charge in [-0.2, -0.15) is 0 Å². The second kappa shape index (κ2) is 4.49. The van der Waals surface area contributed by atoms with Crippen LogP contribution in [0, 0.1) is 11.6 Å². The number of halogens is 2. The molecule has 3 N–H and O–H groups in total. The highest BCUT2D eigenvalue weighted by atomic mass is 19.1. The summed E-state index contributed by atoms with van der Waals surface area (Å²) in [6.07, 6.45) is 0. The van der Waals surface area contributed by atoms with Crippen LogP contribution in [-0.4, -0.2) is 25.2 Å². The maximum atomic E-state index is 13.8. The van der Waals surface area contributed by atoms with Crippen molar-refractivity contribution in [1.82, 2.24) is 5.32 Å². The van der Waals surface area contributed by atoms with Crippen LogP contribution in [0.25, 0.3) is 0 Å². The minimum atomic E-state index is -0.594. The summed E-state index contributed by atoms with van der Waals surface area (Å²) in [5.74, 6) is -1.19. The molecule has 0 bridgehead atoms. The highest BCUT2D eigenvalue weighted by Gasteiger charge is 2.25. The number of rotatable bonds is 1. The highest BCUT2D eigenvalue weighted by Crippen LogP contribution is 2.27. The molecule has 0 spiro atoms. The van der Waals surface area contributed by atoms with E-state index >= 15 is 0 Å². The summed E-state index contributed by atoms with van der Waals surface area (Å²) in [6, 6.07) is 2.73. The Morgan fingerprint density at radius 2 is 1.65 bits per heavy atom. The van der Waals surface area contributed by atoms with Crippen LogP contribution < -0.4 is 16.0 Å². The topological polar surface area (TPSA) is 41.3 Å². The molecule has 1 aliphatic heterocycles. The van der Waals surface area contributed by atoms with Gasteiger partial charge in [-0.25, -0.2) is 8.78 Å². The van der Waals surface area contributed by atoms with E-state index in [-0.39, 0.29) is 23.5 Å². The molecular weight excluding hydrogens is 224 g/mol. The fraction of sp³-hybridized carbons (Fsp3) is 0.500. The molecule has 5 heteroatoms. The molecule has 2 atom stereocenters. The van der Waals surface area contributed by atoms with E-state index < -0.39 is 11.6 Å². The Hall–Kier alpha value is -1.36. The van der Waals surface area contributed by atoms with Crippen LogP contribution in [0.15, 0.2) is 12.1 Å². The van der Waals surface area contributed by atoms with E-state index in [0.29, 0.717) is 13.1 Å². The van der Waals surface area contributed by atoms with Gasteiger partial charge in [0.15, 0.2) is 11.6 Å². The molecular formula is C12H17F2N3. The molecule has 0 radical (unpaired) electrons. The zero-order chi connectivity index (χ0) is 12.6. The minimum Gasteiger partial charge on any atom is -0.399 e. The SMILES string of the molecule is C[C@@H]1CN(c2c(F)cc(N)cc2F)C[C@H](C)N1. The number of benzene rings is 1. The Labute approximate surface area is 99.6 Å². The van der Waals surface area contributed by atoms with Gasteiger partial charge in [-0.3, -0.25) is 0 Å². The molecule has 0 amide bonds. The third-order valence-corrected chi connectivity index (χ3v) is 2.91. The van der Waals surface area contributed by atoms with Crippen molar-refractivity contribution in [2.24, 2.45) is 0 Å². The Morgan fingerprint density at radius 3 is 2.12 bits per heavy atom. The van der Waals surface area contributed by atoms with E-state index in [0.717, 1.165) is 12.1 Å². The number of piperazine rings is 1. The van der Waals surface area contributed by atoms with Crippen molar-refractivity contribution in [3.8, 4) is 0 Å². The van der Waals surface area contributed by atoms with Gasteiger partial charge in [-0.1, -0.05) is 0 Å². The maximum Gasteiger partial charge on any atom is 0.151 e. The lowest BCUT2D eigenvalue weighted by atomic mass is 10.1. The first kappa shape index (κ1) is 12.1. The number of hydrogen-bond donors (Lipinski definition) is 2. The van der Waals surface area contributed by atoms with E-state index in [2.05, 4.69) is 5.32 Å². The second-order valence-electron chi connectivity index (χ2n) is 4.71. The smallest absolute Gasteiger partial charge is 0.151 e. The lowest BCUT2D eigenvalue weighted by Crippen LogP contribution is -2.54. The Morgan fingerprint density at radius 1 is 1.18 bits per heavy atom. The summed E-state index contributed by atoms with van der Waals surface area (Å²) in [6.45, 7) is 5.16. The van der Waals surface area contributed by atoms with Crippen LogP contribution in [0.3, 0.4) is 0 Å². The lowest BCUT2D eigenvalue weighted by Gasteiger charge is -2.37. The monoisotopic (exact) mass is 241 g/mol. The molecule has 1 heterocycles. The Kier molecular flexibility index (Phi) is 3.19. The zero-order valence-electron chi connectivity index (χ0n) is 10.0. The molecule has 0 unspecified atom stereocenters. The molecule has 1 fully saturated rings. The lowest BCUT2D eigenvalue weighted by molar-refractivity contribution is 0.400.